The van der Waals surface area contributed by atoms with E-state index >= 15 is 0 Å². The molecule has 0 saturated carbocycles. The van der Waals surface area contributed by atoms with E-state index in [9.17, 15) is 5.11 Å². The van der Waals surface area contributed by atoms with Gasteiger partial charge in [-0.3, -0.25) is 0 Å². The molecule has 2 N–H and O–H groups in total. The predicted octanol–water partition coefficient (Wildman–Crippen LogP) is 3.95. The summed E-state index contributed by atoms with van der Waals surface area (Å²) in [6.45, 7) is 9.53. The Kier molecular flexibility index (Phi) is 5.16. The van der Waals surface area contributed by atoms with E-state index in [1.54, 1.807) is 0 Å². The fourth-order valence-electron chi connectivity index (χ4n) is 2.71. The third-order valence-electron chi connectivity index (χ3n) is 4.24. The minimum atomic E-state index is 0.0922. The summed E-state index contributed by atoms with van der Waals surface area (Å²) >= 11 is 0. The van der Waals surface area contributed by atoms with Crippen LogP contribution in [-0.4, -0.2) is 5.11 Å². The number of aliphatic hydroxyl groups is 1. The molecule has 0 aliphatic rings. The summed E-state index contributed by atoms with van der Waals surface area (Å²) in [5, 5.41) is 13.0. The molecule has 0 aliphatic carbocycles. The maximum Gasteiger partial charge on any atom is 0.0685 e. The van der Waals surface area contributed by atoms with Crippen molar-refractivity contribution in [1.29, 1.82) is 0 Å². The number of hydrogen-bond donors (Lipinski definition) is 2. The van der Waals surface area contributed by atoms with Gasteiger partial charge in [-0.1, -0.05) is 36.4 Å². The number of benzene rings is 2. The molecule has 0 aromatic heterocycles. The van der Waals surface area contributed by atoms with Gasteiger partial charge in [0.1, 0.15) is 0 Å². The lowest BCUT2D eigenvalue weighted by molar-refractivity contribution is 0.280. The van der Waals surface area contributed by atoms with Crippen molar-refractivity contribution in [2.24, 2.45) is 0 Å². The fourth-order valence-corrected chi connectivity index (χ4v) is 2.71. The Balaban J connectivity index is 2.12. The van der Waals surface area contributed by atoms with Crippen LogP contribution in [0.3, 0.4) is 0 Å². The largest absolute Gasteiger partial charge is 0.392 e. The third-order valence-corrected chi connectivity index (χ3v) is 4.24. The lowest BCUT2D eigenvalue weighted by atomic mass is 9.96. The van der Waals surface area contributed by atoms with Crippen molar-refractivity contribution in [2.75, 3.05) is 0 Å². The molecule has 2 aromatic rings. The van der Waals surface area contributed by atoms with Crippen molar-refractivity contribution in [3.63, 3.8) is 0 Å². The van der Waals surface area contributed by atoms with Crippen LogP contribution in [0, 0.1) is 20.8 Å². The minimum absolute atomic E-state index is 0.0922. The average Bonchev–Trinajstić information content (AvgIpc) is 2.48. The quantitative estimate of drug-likeness (QED) is 0.870. The number of nitrogens with one attached hydrogen (secondary N) is 1. The molecule has 2 nitrogen and oxygen atoms in total. The molecule has 0 bridgehead atoms. The van der Waals surface area contributed by atoms with E-state index in [1.165, 1.54) is 22.3 Å². The van der Waals surface area contributed by atoms with Crippen LogP contribution in [-0.2, 0) is 13.2 Å². The van der Waals surface area contributed by atoms with Gasteiger partial charge in [0.25, 0.3) is 0 Å². The number of rotatable bonds is 5. The summed E-state index contributed by atoms with van der Waals surface area (Å²) in [5.74, 6) is 0. The van der Waals surface area contributed by atoms with Crippen LogP contribution in [0.4, 0.5) is 0 Å². The van der Waals surface area contributed by atoms with Gasteiger partial charge in [0.05, 0.1) is 6.61 Å². The maximum absolute atomic E-state index is 9.38. The summed E-state index contributed by atoms with van der Waals surface area (Å²) in [7, 11) is 0. The minimum Gasteiger partial charge on any atom is -0.392 e. The predicted molar refractivity (Wildman–Crippen MR) is 88.3 cm³/mol. The van der Waals surface area contributed by atoms with Gasteiger partial charge in [-0.05, 0) is 61.1 Å². The Morgan fingerprint density at radius 3 is 2.24 bits per heavy atom. The molecule has 21 heavy (non-hydrogen) atoms. The van der Waals surface area contributed by atoms with Crippen LogP contribution in [0.5, 0.6) is 0 Å². The zero-order valence-electron chi connectivity index (χ0n) is 13.4. The highest BCUT2D eigenvalue weighted by Crippen LogP contribution is 2.22. The molecule has 0 amide bonds. The molecule has 0 aliphatic heterocycles. The van der Waals surface area contributed by atoms with E-state index in [-0.39, 0.29) is 12.6 Å². The van der Waals surface area contributed by atoms with E-state index in [0.717, 1.165) is 17.7 Å². The van der Waals surface area contributed by atoms with E-state index in [2.05, 4.69) is 51.2 Å². The van der Waals surface area contributed by atoms with Gasteiger partial charge < -0.3 is 10.4 Å². The SMILES string of the molecule is Cc1cc(C)c(C(C)NCc2ccccc2CO)cc1C. The van der Waals surface area contributed by atoms with E-state index < -0.39 is 0 Å². The van der Waals surface area contributed by atoms with Gasteiger partial charge in [0, 0.05) is 12.6 Å². The van der Waals surface area contributed by atoms with E-state index in [1.807, 2.05) is 18.2 Å². The van der Waals surface area contributed by atoms with Crippen molar-refractivity contribution in [3.05, 3.63) is 69.8 Å². The summed E-state index contributed by atoms with van der Waals surface area (Å²) < 4.78 is 0. The van der Waals surface area contributed by atoms with Gasteiger partial charge >= 0.3 is 0 Å². The van der Waals surface area contributed by atoms with Gasteiger partial charge in [-0.25, -0.2) is 0 Å². The zero-order chi connectivity index (χ0) is 15.4. The highest BCUT2D eigenvalue weighted by molar-refractivity contribution is 5.38. The summed E-state index contributed by atoms with van der Waals surface area (Å²) in [5.41, 5.74) is 7.50. The Labute approximate surface area is 127 Å². The normalized spacial score (nSPS) is 12.4. The first-order chi connectivity index (χ1) is 10.0. The molecule has 1 unspecified atom stereocenters. The van der Waals surface area contributed by atoms with Gasteiger partial charge in [-0.2, -0.15) is 0 Å². The number of hydrogen-bond acceptors (Lipinski definition) is 2. The van der Waals surface area contributed by atoms with Crippen LogP contribution in [0.15, 0.2) is 36.4 Å². The van der Waals surface area contributed by atoms with Crippen molar-refractivity contribution < 1.29 is 5.11 Å². The van der Waals surface area contributed by atoms with Gasteiger partial charge in [0.15, 0.2) is 0 Å². The zero-order valence-corrected chi connectivity index (χ0v) is 13.4. The molecular formula is C19H25NO. The average molecular weight is 283 g/mol. The molecule has 0 heterocycles. The van der Waals surface area contributed by atoms with Gasteiger partial charge in [-0.15, -0.1) is 0 Å². The Hall–Kier alpha value is -1.64. The lowest BCUT2D eigenvalue weighted by Crippen LogP contribution is -2.20. The highest BCUT2D eigenvalue weighted by atomic mass is 16.3. The van der Waals surface area contributed by atoms with Crippen molar-refractivity contribution in [1.82, 2.24) is 5.32 Å². The monoisotopic (exact) mass is 283 g/mol. The highest BCUT2D eigenvalue weighted by Gasteiger charge is 2.10. The van der Waals surface area contributed by atoms with E-state index in [0.29, 0.717) is 0 Å². The molecule has 2 aromatic carbocycles. The standard InChI is InChI=1S/C19H25NO/c1-13-9-15(3)19(10-14(13)2)16(4)20-11-17-7-5-6-8-18(17)12-21/h5-10,16,20-21H,11-12H2,1-4H3. The van der Waals surface area contributed by atoms with Crippen LogP contribution >= 0.6 is 0 Å². The first kappa shape index (κ1) is 15.7. The van der Waals surface area contributed by atoms with Crippen LogP contribution in [0.25, 0.3) is 0 Å². The number of aryl methyl sites for hydroxylation is 3. The van der Waals surface area contributed by atoms with E-state index in [4.69, 9.17) is 0 Å². The third kappa shape index (κ3) is 3.72. The summed E-state index contributed by atoms with van der Waals surface area (Å²) in [4.78, 5) is 0. The molecule has 1 atom stereocenters. The van der Waals surface area contributed by atoms with Crippen LogP contribution < -0.4 is 5.32 Å². The van der Waals surface area contributed by atoms with Crippen molar-refractivity contribution in [2.45, 2.75) is 46.9 Å². The Bertz CT molecular complexity index is 619. The molecule has 0 saturated heterocycles. The molecule has 0 fully saturated rings. The first-order valence-electron chi connectivity index (χ1n) is 7.51. The summed E-state index contributed by atoms with van der Waals surface area (Å²) in [6, 6.07) is 12.8. The molecule has 0 spiro atoms. The summed E-state index contributed by atoms with van der Waals surface area (Å²) in [6.07, 6.45) is 0. The Morgan fingerprint density at radius 1 is 0.952 bits per heavy atom. The second-order valence-corrected chi connectivity index (χ2v) is 5.82. The molecule has 0 radical (unpaired) electrons. The van der Waals surface area contributed by atoms with Crippen LogP contribution in [0.1, 0.15) is 46.3 Å². The van der Waals surface area contributed by atoms with Crippen molar-refractivity contribution in [3.8, 4) is 0 Å². The molecule has 2 heteroatoms. The molecule has 112 valence electrons. The Morgan fingerprint density at radius 2 is 1.57 bits per heavy atom. The second kappa shape index (κ2) is 6.88. The second-order valence-electron chi connectivity index (χ2n) is 5.82. The maximum atomic E-state index is 9.38. The topological polar surface area (TPSA) is 32.3 Å². The van der Waals surface area contributed by atoms with Crippen molar-refractivity contribution >= 4 is 0 Å². The fraction of sp³-hybridized carbons (Fsp3) is 0.368. The first-order valence-corrected chi connectivity index (χ1v) is 7.51. The molecule has 2 rings (SSSR count). The lowest BCUT2D eigenvalue weighted by Gasteiger charge is -2.19. The van der Waals surface area contributed by atoms with Crippen LogP contribution in [0.2, 0.25) is 0 Å². The number of aliphatic hydroxyl groups excluding tert-OH is 1. The smallest absolute Gasteiger partial charge is 0.0685 e. The van der Waals surface area contributed by atoms with Gasteiger partial charge in [0.2, 0.25) is 0 Å². The molecular weight excluding hydrogens is 258 g/mol.